The van der Waals surface area contributed by atoms with Gasteiger partial charge in [0.1, 0.15) is 17.2 Å². The minimum atomic E-state index is -4.69. The minimum absolute atomic E-state index is 0.0757. The summed E-state index contributed by atoms with van der Waals surface area (Å²) in [4.78, 5) is 33.4. The van der Waals surface area contributed by atoms with Gasteiger partial charge in [-0.3, -0.25) is 19.7 Å². The van der Waals surface area contributed by atoms with Crippen molar-refractivity contribution in [3.05, 3.63) is 57.0 Å². The van der Waals surface area contributed by atoms with E-state index in [0.29, 0.717) is 23.2 Å². The van der Waals surface area contributed by atoms with E-state index in [-0.39, 0.29) is 43.3 Å². The van der Waals surface area contributed by atoms with Gasteiger partial charge in [0.2, 0.25) is 5.91 Å². The van der Waals surface area contributed by atoms with Crippen LogP contribution in [0.3, 0.4) is 0 Å². The number of alkyl halides is 3. The Bertz CT molecular complexity index is 953. The van der Waals surface area contributed by atoms with Gasteiger partial charge >= 0.3 is 6.18 Å². The quantitative estimate of drug-likeness (QED) is 0.272. The van der Waals surface area contributed by atoms with Crippen molar-refractivity contribution in [3.63, 3.8) is 0 Å². The van der Waals surface area contributed by atoms with Crippen LogP contribution >= 0.6 is 0 Å². The van der Waals surface area contributed by atoms with Gasteiger partial charge in [0.05, 0.1) is 16.1 Å². The third-order valence-corrected chi connectivity index (χ3v) is 4.23. The highest BCUT2D eigenvalue weighted by Gasteiger charge is 2.33. The molecule has 11 heteroatoms. The Morgan fingerprint density at radius 2 is 1.90 bits per heavy atom. The van der Waals surface area contributed by atoms with Gasteiger partial charge in [0.15, 0.2) is 5.78 Å². The molecule has 1 aromatic carbocycles. The maximum Gasteiger partial charge on any atom is 0.416 e. The van der Waals surface area contributed by atoms with Crippen LogP contribution in [0.2, 0.25) is 0 Å². The summed E-state index contributed by atoms with van der Waals surface area (Å²) < 4.78 is 43.5. The first kappa shape index (κ1) is 22.9. The number of rotatable bonds is 9. The second-order valence-corrected chi connectivity index (χ2v) is 6.50. The van der Waals surface area contributed by atoms with E-state index in [4.69, 9.17) is 4.42 Å². The SMILES string of the molecule is CC(=O)c1cc(CCC(=O)NCCNc2ccc(C(F)(F)F)cc2[N+](=O)[O-])oc1C. The van der Waals surface area contributed by atoms with Gasteiger partial charge in [-0.15, -0.1) is 0 Å². The topological polar surface area (TPSA) is 114 Å². The van der Waals surface area contributed by atoms with E-state index in [1.165, 1.54) is 6.92 Å². The van der Waals surface area contributed by atoms with Crippen molar-refractivity contribution < 1.29 is 32.1 Å². The van der Waals surface area contributed by atoms with Gasteiger partial charge in [-0.1, -0.05) is 0 Å². The molecule has 0 spiro atoms. The number of hydrogen-bond acceptors (Lipinski definition) is 6. The van der Waals surface area contributed by atoms with E-state index in [1.54, 1.807) is 13.0 Å². The van der Waals surface area contributed by atoms with Crippen LogP contribution in [0, 0.1) is 17.0 Å². The van der Waals surface area contributed by atoms with Crippen LogP contribution in [0.1, 0.15) is 40.8 Å². The summed E-state index contributed by atoms with van der Waals surface area (Å²) in [5.74, 6) is 0.555. The molecule has 2 aromatic rings. The summed E-state index contributed by atoms with van der Waals surface area (Å²) in [5.41, 5.74) is -1.43. The zero-order valence-electron chi connectivity index (χ0n) is 16.3. The van der Waals surface area contributed by atoms with Crippen molar-refractivity contribution in [2.75, 3.05) is 18.4 Å². The number of hydrogen-bond donors (Lipinski definition) is 2. The van der Waals surface area contributed by atoms with E-state index >= 15 is 0 Å². The summed E-state index contributed by atoms with van der Waals surface area (Å²) in [5, 5.41) is 16.3. The Morgan fingerprint density at radius 1 is 1.20 bits per heavy atom. The number of halogens is 3. The molecule has 0 unspecified atom stereocenters. The first-order chi connectivity index (χ1) is 14.0. The average Bonchev–Trinajstić information content (AvgIpc) is 3.03. The summed E-state index contributed by atoms with van der Waals surface area (Å²) in [6.45, 7) is 3.26. The average molecular weight is 427 g/mol. The highest BCUT2D eigenvalue weighted by molar-refractivity contribution is 5.95. The Balaban J connectivity index is 1.83. The van der Waals surface area contributed by atoms with Crippen molar-refractivity contribution in [3.8, 4) is 0 Å². The molecular formula is C19H20F3N3O5. The van der Waals surface area contributed by atoms with Gasteiger partial charge in [-0.25, -0.2) is 0 Å². The van der Waals surface area contributed by atoms with Gasteiger partial charge in [-0.2, -0.15) is 13.2 Å². The standard InChI is InChI=1S/C19H20F3N3O5/c1-11(26)15-10-14(30-12(15)2)4-6-18(27)24-8-7-23-16-5-3-13(19(20,21)22)9-17(16)25(28)29/h3,5,9-10,23H,4,6-8H2,1-2H3,(H,24,27). The number of anilines is 1. The van der Waals surface area contributed by atoms with Crippen LogP contribution in [0.5, 0.6) is 0 Å². The van der Waals surface area contributed by atoms with Gasteiger partial charge in [0, 0.05) is 32.0 Å². The predicted octanol–water partition coefficient (Wildman–Crippen LogP) is 3.88. The maximum absolute atomic E-state index is 12.7. The van der Waals surface area contributed by atoms with Crippen LogP contribution in [-0.4, -0.2) is 29.7 Å². The highest BCUT2D eigenvalue weighted by Crippen LogP contribution is 2.34. The molecule has 2 rings (SSSR count). The van der Waals surface area contributed by atoms with E-state index in [9.17, 15) is 32.9 Å². The van der Waals surface area contributed by atoms with Crippen molar-refractivity contribution >= 4 is 23.1 Å². The lowest BCUT2D eigenvalue weighted by molar-refractivity contribution is -0.384. The third-order valence-electron chi connectivity index (χ3n) is 4.23. The normalized spacial score (nSPS) is 11.2. The lowest BCUT2D eigenvalue weighted by Crippen LogP contribution is -2.29. The third kappa shape index (κ3) is 6.06. The first-order valence-electron chi connectivity index (χ1n) is 8.95. The fourth-order valence-electron chi connectivity index (χ4n) is 2.75. The monoisotopic (exact) mass is 427 g/mol. The van der Waals surface area contributed by atoms with Crippen molar-refractivity contribution in [2.45, 2.75) is 32.9 Å². The van der Waals surface area contributed by atoms with E-state index in [0.717, 1.165) is 12.1 Å². The number of Topliss-reactive ketones (excluding diaryl/α,β-unsaturated/α-hetero) is 1. The van der Waals surface area contributed by atoms with E-state index in [2.05, 4.69) is 10.6 Å². The van der Waals surface area contributed by atoms with Crippen molar-refractivity contribution in [1.29, 1.82) is 0 Å². The number of nitrogens with one attached hydrogen (secondary N) is 2. The largest absolute Gasteiger partial charge is 0.466 e. The minimum Gasteiger partial charge on any atom is -0.466 e. The molecule has 1 amide bonds. The molecule has 162 valence electrons. The second-order valence-electron chi connectivity index (χ2n) is 6.50. The van der Waals surface area contributed by atoms with E-state index in [1.807, 2.05) is 0 Å². The van der Waals surface area contributed by atoms with Crippen molar-refractivity contribution in [1.82, 2.24) is 5.32 Å². The summed E-state index contributed by atoms with van der Waals surface area (Å²) in [7, 11) is 0. The smallest absolute Gasteiger partial charge is 0.416 e. The Labute approximate surface area is 169 Å². The first-order valence-corrected chi connectivity index (χ1v) is 8.95. The molecule has 0 aliphatic carbocycles. The number of nitro groups is 1. The number of furan rings is 1. The molecule has 2 N–H and O–H groups in total. The van der Waals surface area contributed by atoms with Gasteiger partial charge in [-0.05, 0) is 32.0 Å². The molecular weight excluding hydrogens is 407 g/mol. The molecule has 30 heavy (non-hydrogen) atoms. The van der Waals surface area contributed by atoms with Gasteiger partial charge in [0.25, 0.3) is 5.69 Å². The van der Waals surface area contributed by atoms with Crippen molar-refractivity contribution in [2.24, 2.45) is 0 Å². The van der Waals surface area contributed by atoms with E-state index < -0.39 is 22.4 Å². The molecule has 8 nitrogen and oxygen atoms in total. The number of nitro benzene ring substituents is 1. The Morgan fingerprint density at radius 3 is 2.47 bits per heavy atom. The molecule has 0 radical (unpaired) electrons. The zero-order chi connectivity index (χ0) is 22.5. The number of amides is 1. The number of ketones is 1. The number of carbonyl (C=O) groups is 2. The predicted molar refractivity (Wildman–Crippen MR) is 101 cm³/mol. The van der Waals surface area contributed by atoms with Crippen LogP contribution in [0.4, 0.5) is 24.5 Å². The number of nitrogens with zero attached hydrogens (tertiary/aromatic N) is 1. The Kier molecular flexibility index (Phi) is 7.19. The van der Waals surface area contributed by atoms with Crippen LogP contribution < -0.4 is 10.6 Å². The fourth-order valence-corrected chi connectivity index (χ4v) is 2.75. The molecule has 0 aliphatic heterocycles. The number of aryl methyl sites for hydroxylation is 2. The van der Waals surface area contributed by atoms with Crippen LogP contribution in [0.25, 0.3) is 0 Å². The molecule has 0 fully saturated rings. The maximum atomic E-state index is 12.7. The summed E-state index contributed by atoms with van der Waals surface area (Å²) >= 11 is 0. The summed E-state index contributed by atoms with van der Waals surface area (Å²) in [6.07, 6.45) is -4.29. The lowest BCUT2D eigenvalue weighted by Gasteiger charge is -2.11. The van der Waals surface area contributed by atoms with Crippen LogP contribution in [-0.2, 0) is 17.4 Å². The number of carbonyl (C=O) groups excluding carboxylic acids is 2. The molecule has 0 saturated heterocycles. The van der Waals surface area contributed by atoms with Crippen LogP contribution in [0.15, 0.2) is 28.7 Å². The van der Waals surface area contributed by atoms with Gasteiger partial charge < -0.3 is 15.1 Å². The summed E-state index contributed by atoms with van der Waals surface area (Å²) in [6, 6.07) is 3.78. The second kappa shape index (κ2) is 9.42. The lowest BCUT2D eigenvalue weighted by atomic mass is 10.1. The molecule has 1 heterocycles. The number of benzene rings is 1. The molecule has 0 saturated carbocycles. The fraction of sp³-hybridized carbons (Fsp3) is 0.368. The molecule has 0 aliphatic rings. The zero-order valence-corrected chi connectivity index (χ0v) is 16.3. The molecule has 0 bridgehead atoms. The molecule has 1 aromatic heterocycles. The highest BCUT2D eigenvalue weighted by atomic mass is 19.4. The molecule has 0 atom stereocenters. The Hall–Kier alpha value is -3.37.